The molecule has 5 nitrogen and oxygen atoms in total. The molecule has 3 saturated carbocycles. The predicted molar refractivity (Wildman–Crippen MR) is 102 cm³/mol. The van der Waals surface area contributed by atoms with Crippen LogP contribution >= 0.6 is 0 Å². The second-order valence-corrected chi connectivity index (χ2v) is 11.0. The third kappa shape index (κ3) is 3.12. The Morgan fingerprint density at radius 2 is 1.89 bits per heavy atom. The van der Waals surface area contributed by atoms with Crippen molar-refractivity contribution in [3.63, 3.8) is 0 Å². The molecular weight excluding hydrogens is 364 g/mol. The molecule has 4 rings (SSSR count). The van der Waals surface area contributed by atoms with E-state index in [1.54, 1.807) is 6.92 Å². The maximum Gasteiger partial charge on any atom is 0.397 e. The molecular formula is C21H32O5S. The fourth-order valence-corrected chi connectivity index (χ4v) is 8.06. The van der Waals surface area contributed by atoms with Crippen molar-refractivity contribution in [2.24, 2.45) is 34.5 Å². The van der Waals surface area contributed by atoms with E-state index >= 15 is 0 Å². The summed E-state index contributed by atoms with van der Waals surface area (Å²) in [6.07, 6.45) is 9.54. The van der Waals surface area contributed by atoms with Crippen molar-refractivity contribution in [1.29, 1.82) is 0 Å². The zero-order chi connectivity index (χ0) is 19.6. The third-order valence-electron chi connectivity index (χ3n) is 8.81. The maximum atomic E-state index is 12.2. The van der Waals surface area contributed by atoms with Crippen LogP contribution in [0.3, 0.4) is 0 Å². The van der Waals surface area contributed by atoms with Gasteiger partial charge in [-0.2, -0.15) is 8.42 Å². The van der Waals surface area contributed by atoms with Gasteiger partial charge in [0.1, 0.15) is 5.78 Å². The molecule has 3 fully saturated rings. The number of carbonyl (C=O) groups is 1. The van der Waals surface area contributed by atoms with Crippen LogP contribution in [0.25, 0.3) is 0 Å². The Bertz CT molecular complexity index is 771. The van der Waals surface area contributed by atoms with E-state index in [0.29, 0.717) is 36.4 Å². The minimum absolute atomic E-state index is 0.0949. The predicted octanol–water partition coefficient (Wildman–Crippen LogP) is 4.34. The smallest absolute Gasteiger partial charge is 0.300 e. The van der Waals surface area contributed by atoms with E-state index in [9.17, 15) is 13.2 Å². The number of Topliss-reactive ketones (excluding diaryl/α,β-unsaturated/α-hetero) is 1. The molecule has 27 heavy (non-hydrogen) atoms. The van der Waals surface area contributed by atoms with Gasteiger partial charge in [-0.05, 0) is 86.9 Å². The number of hydrogen-bond donors (Lipinski definition) is 1. The van der Waals surface area contributed by atoms with Crippen molar-refractivity contribution in [2.45, 2.75) is 78.2 Å². The number of rotatable bonds is 3. The molecule has 0 aromatic rings. The second kappa shape index (κ2) is 6.39. The molecule has 0 bridgehead atoms. The van der Waals surface area contributed by atoms with Crippen molar-refractivity contribution < 1.29 is 21.9 Å². The molecule has 4 aliphatic rings. The van der Waals surface area contributed by atoms with Crippen molar-refractivity contribution in [3.05, 3.63) is 11.6 Å². The highest BCUT2D eigenvalue weighted by Crippen LogP contribution is 2.66. The monoisotopic (exact) mass is 396 g/mol. The lowest BCUT2D eigenvalue weighted by atomic mass is 9.47. The zero-order valence-corrected chi connectivity index (χ0v) is 17.4. The molecule has 0 aromatic heterocycles. The molecule has 0 amide bonds. The molecule has 0 aromatic carbocycles. The van der Waals surface area contributed by atoms with Gasteiger partial charge >= 0.3 is 10.4 Å². The Hall–Kier alpha value is -0.720. The van der Waals surface area contributed by atoms with Gasteiger partial charge in [0, 0.05) is 5.92 Å². The molecule has 4 aliphatic carbocycles. The van der Waals surface area contributed by atoms with Crippen LogP contribution in [0.2, 0.25) is 0 Å². The van der Waals surface area contributed by atoms with Gasteiger partial charge in [-0.25, -0.2) is 4.18 Å². The van der Waals surface area contributed by atoms with Gasteiger partial charge in [0.2, 0.25) is 0 Å². The largest absolute Gasteiger partial charge is 0.397 e. The quantitative estimate of drug-likeness (QED) is 0.567. The van der Waals surface area contributed by atoms with Crippen LogP contribution in [-0.4, -0.2) is 24.9 Å². The number of carbonyl (C=O) groups excluding carboxylic acids is 1. The van der Waals surface area contributed by atoms with Gasteiger partial charge < -0.3 is 0 Å². The minimum atomic E-state index is -4.40. The molecule has 1 N–H and O–H groups in total. The topological polar surface area (TPSA) is 80.7 Å². The van der Waals surface area contributed by atoms with Gasteiger partial charge in [0.15, 0.2) is 0 Å². The summed E-state index contributed by atoms with van der Waals surface area (Å²) in [6, 6.07) is 0. The molecule has 0 aliphatic heterocycles. The van der Waals surface area contributed by atoms with E-state index < -0.39 is 16.5 Å². The highest BCUT2D eigenvalue weighted by Gasteiger charge is 2.59. The van der Waals surface area contributed by atoms with Crippen molar-refractivity contribution in [3.8, 4) is 0 Å². The van der Waals surface area contributed by atoms with E-state index in [1.807, 2.05) is 0 Å². The average Bonchev–Trinajstić information content (AvgIpc) is 2.91. The number of hydrogen-bond acceptors (Lipinski definition) is 4. The van der Waals surface area contributed by atoms with Gasteiger partial charge in [-0.15, -0.1) is 0 Å². The minimum Gasteiger partial charge on any atom is -0.300 e. The standard InChI is InChI=1S/C21H32O5S/c1-13(22)17-6-7-18-16-5-4-14-12-15(26-27(23,24)25)8-10-20(14,2)19(16)9-11-21(17,18)3/h4,15-19H,5-12H2,1-3H3,(H,23,24,25)/t15-,16-,17+,18-,19-,20-,21+/m0/s1. The summed E-state index contributed by atoms with van der Waals surface area (Å²) in [6.45, 7) is 6.46. The average molecular weight is 397 g/mol. The van der Waals surface area contributed by atoms with Crippen LogP contribution in [0.1, 0.15) is 72.1 Å². The first-order valence-electron chi connectivity index (χ1n) is 10.4. The lowest BCUT2D eigenvalue weighted by Gasteiger charge is -2.58. The second-order valence-electron chi connectivity index (χ2n) is 9.93. The van der Waals surface area contributed by atoms with Crippen molar-refractivity contribution in [1.82, 2.24) is 0 Å². The molecule has 0 saturated heterocycles. The van der Waals surface area contributed by atoms with Crippen LogP contribution in [0.5, 0.6) is 0 Å². The fourth-order valence-electron chi connectivity index (χ4n) is 7.55. The Morgan fingerprint density at radius 3 is 2.56 bits per heavy atom. The highest BCUT2D eigenvalue weighted by atomic mass is 32.3. The van der Waals surface area contributed by atoms with E-state index in [-0.39, 0.29) is 16.7 Å². The summed E-state index contributed by atoms with van der Waals surface area (Å²) in [5.74, 6) is 2.43. The van der Waals surface area contributed by atoms with Crippen LogP contribution in [0.15, 0.2) is 11.6 Å². The van der Waals surface area contributed by atoms with E-state index in [1.165, 1.54) is 5.57 Å². The van der Waals surface area contributed by atoms with Crippen molar-refractivity contribution in [2.75, 3.05) is 0 Å². The fraction of sp³-hybridized carbons (Fsp3) is 0.857. The molecule has 0 heterocycles. The molecule has 6 heteroatoms. The SMILES string of the molecule is CC(=O)[C@H]1CC[C@H]2[C@@H]3CC=C4C[C@@H](OS(=O)(=O)O)CC[C@]4(C)[C@H]3CC[C@]12C. The summed E-state index contributed by atoms with van der Waals surface area (Å²) in [4.78, 5) is 12.2. The summed E-state index contributed by atoms with van der Waals surface area (Å²) < 4.78 is 36.1. The van der Waals surface area contributed by atoms with Gasteiger partial charge in [0.25, 0.3) is 0 Å². The lowest BCUT2D eigenvalue weighted by Crippen LogP contribution is -2.51. The molecule has 0 unspecified atom stereocenters. The first kappa shape index (κ1) is 19.6. The summed E-state index contributed by atoms with van der Waals surface area (Å²) in [7, 11) is -4.40. The highest BCUT2D eigenvalue weighted by molar-refractivity contribution is 7.80. The van der Waals surface area contributed by atoms with E-state index in [2.05, 4.69) is 19.9 Å². The van der Waals surface area contributed by atoms with Crippen LogP contribution in [0.4, 0.5) is 0 Å². The van der Waals surface area contributed by atoms with Gasteiger partial charge in [0.05, 0.1) is 6.10 Å². The Morgan fingerprint density at radius 1 is 1.15 bits per heavy atom. The first-order chi connectivity index (χ1) is 12.5. The molecule has 0 radical (unpaired) electrons. The summed E-state index contributed by atoms with van der Waals surface area (Å²) in [5.41, 5.74) is 1.56. The first-order valence-corrected chi connectivity index (χ1v) is 11.8. The summed E-state index contributed by atoms with van der Waals surface area (Å²) >= 11 is 0. The van der Waals surface area contributed by atoms with Crippen LogP contribution < -0.4 is 0 Å². The zero-order valence-electron chi connectivity index (χ0n) is 16.6. The van der Waals surface area contributed by atoms with Crippen molar-refractivity contribution >= 4 is 16.2 Å². The molecule has 0 spiro atoms. The van der Waals surface area contributed by atoms with E-state index in [0.717, 1.165) is 38.5 Å². The van der Waals surface area contributed by atoms with Crippen LogP contribution in [-0.2, 0) is 19.4 Å². The lowest BCUT2D eigenvalue weighted by molar-refractivity contribution is -0.127. The van der Waals surface area contributed by atoms with E-state index in [4.69, 9.17) is 8.74 Å². The maximum absolute atomic E-state index is 12.2. The normalized spacial score (nSPS) is 46.8. The number of ketones is 1. The number of fused-ring (bicyclic) bond motifs is 5. The third-order valence-corrected chi connectivity index (χ3v) is 9.32. The Kier molecular flexibility index (Phi) is 4.64. The summed E-state index contributed by atoms with van der Waals surface area (Å²) in [5, 5.41) is 0. The Balaban J connectivity index is 1.58. The number of allylic oxidation sites excluding steroid dienone is 1. The molecule has 7 atom stereocenters. The van der Waals surface area contributed by atoms with Gasteiger partial charge in [-0.3, -0.25) is 9.35 Å². The molecule has 152 valence electrons. The Labute approximate surface area is 162 Å². The van der Waals surface area contributed by atoms with Gasteiger partial charge in [-0.1, -0.05) is 25.5 Å². The van der Waals surface area contributed by atoms with Crippen LogP contribution in [0, 0.1) is 34.5 Å².